The maximum Gasteiger partial charge on any atom is 0.0729 e. The molecule has 0 amide bonds. The van der Waals surface area contributed by atoms with E-state index in [2.05, 4.69) is 12.2 Å². The molecule has 1 N–H and O–H groups in total. The van der Waals surface area contributed by atoms with E-state index in [1.165, 1.54) is 45.1 Å². The highest BCUT2D eigenvalue weighted by Crippen LogP contribution is 2.44. The van der Waals surface area contributed by atoms with Crippen molar-refractivity contribution in [3.8, 4) is 0 Å². The smallest absolute Gasteiger partial charge is 0.0729 e. The standard InChI is InChI=1S/C17H31NO2/c1-2-9-18-16-5-3-4-15(16)14-6-10-20-17(13-14)7-11-19-12-8-17/h14-16,18H,2-13H2,1H3. The first-order chi connectivity index (χ1) is 9.83. The first-order valence-corrected chi connectivity index (χ1v) is 8.78. The van der Waals surface area contributed by atoms with Crippen LogP contribution in [-0.2, 0) is 9.47 Å². The third-order valence-electron chi connectivity index (χ3n) is 5.77. The molecular weight excluding hydrogens is 250 g/mol. The molecule has 3 heteroatoms. The van der Waals surface area contributed by atoms with E-state index in [0.717, 1.165) is 50.5 Å². The molecule has 3 atom stereocenters. The predicted molar refractivity (Wildman–Crippen MR) is 80.9 cm³/mol. The molecule has 1 saturated carbocycles. The molecule has 0 aromatic carbocycles. The summed E-state index contributed by atoms with van der Waals surface area (Å²) in [6.07, 6.45) is 10.3. The van der Waals surface area contributed by atoms with Crippen LogP contribution in [0.3, 0.4) is 0 Å². The van der Waals surface area contributed by atoms with Gasteiger partial charge in [-0.1, -0.05) is 13.3 Å². The van der Waals surface area contributed by atoms with E-state index in [9.17, 15) is 0 Å². The second-order valence-electron chi connectivity index (χ2n) is 7.05. The van der Waals surface area contributed by atoms with Crippen LogP contribution in [0.2, 0.25) is 0 Å². The molecule has 2 aliphatic heterocycles. The Kier molecular flexibility index (Phi) is 5.00. The van der Waals surface area contributed by atoms with E-state index < -0.39 is 0 Å². The SMILES string of the molecule is CCCNC1CCCC1C1CCOC2(CCOCC2)C1. The second kappa shape index (κ2) is 6.76. The summed E-state index contributed by atoms with van der Waals surface area (Å²) in [6, 6.07) is 0.773. The fourth-order valence-electron chi connectivity index (χ4n) is 4.66. The van der Waals surface area contributed by atoms with E-state index in [0.29, 0.717) is 0 Å². The topological polar surface area (TPSA) is 30.5 Å². The Labute approximate surface area is 123 Å². The quantitative estimate of drug-likeness (QED) is 0.859. The normalized spacial score (nSPS) is 37.4. The van der Waals surface area contributed by atoms with E-state index in [-0.39, 0.29) is 5.60 Å². The highest BCUT2D eigenvalue weighted by atomic mass is 16.5. The summed E-state index contributed by atoms with van der Waals surface area (Å²) in [6.45, 7) is 6.22. The first-order valence-electron chi connectivity index (χ1n) is 8.78. The van der Waals surface area contributed by atoms with Gasteiger partial charge in [0.2, 0.25) is 0 Å². The lowest BCUT2D eigenvalue weighted by Gasteiger charge is -2.45. The molecule has 20 heavy (non-hydrogen) atoms. The van der Waals surface area contributed by atoms with Gasteiger partial charge in [-0.2, -0.15) is 0 Å². The van der Waals surface area contributed by atoms with Gasteiger partial charge in [0.1, 0.15) is 0 Å². The molecule has 3 fully saturated rings. The van der Waals surface area contributed by atoms with Crippen LogP contribution in [0.5, 0.6) is 0 Å². The molecule has 1 spiro atoms. The fraction of sp³-hybridized carbons (Fsp3) is 1.00. The third-order valence-corrected chi connectivity index (χ3v) is 5.77. The molecule has 3 rings (SSSR count). The minimum Gasteiger partial charge on any atom is -0.381 e. The molecule has 0 radical (unpaired) electrons. The minimum atomic E-state index is 0.166. The maximum absolute atomic E-state index is 6.21. The van der Waals surface area contributed by atoms with Crippen LogP contribution >= 0.6 is 0 Å². The average Bonchev–Trinajstić information content (AvgIpc) is 2.94. The summed E-state index contributed by atoms with van der Waals surface area (Å²) >= 11 is 0. The van der Waals surface area contributed by atoms with Crippen molar-refractivity contribution in [3.05, 3.63) is 0 Å². The Morgan fingerprint density at radius 1 is 1.10 bits per heavy atom. The van der Waals surface area contributed by atoms with Gasteiger partial charge in [-0.05, 0) is 63.3 Å². The molecule has 2 heterocycles. The molecular formula is C17H31NO2. The summed E-state index contributed by atoms with van der Waals surface area (Å²) in [5, 5.41) is 3.80. The number of nitrogens with one attached hydrogen (secondary N) is 1. The molecule has 3 unspecified atom stereocenters. The van der Waals surface area contributed by atoms with Gasteiger partial charge in [0.25, 0.3) is 0 Å². The van der Waals surface area contributed by atoms with Crippen LogP contribution in [0.25, 0.3) is 0 Å². The van der Waals surface area contributed by atoms with Crippen molar-refractivity contribution >= 4 is 0 Å². The first kappa shape index (κ1) is 14.8. The van der Waals surface area contributed by atoms with Gasteiger partial charge in [-0.3, -0.25) is 0 Å². The highest BCUT2D eigenvalue weighted by molar-refractivity contribution is 4.95. The van der Waals surface area contributed by atoms with Crippen molar-refractivity contribution in [1.82, 2.24) is 5.32 Å². The molecule has 0 aromatic rings. The monoisotopic (exact) mass is 281 g/mol. The number of ether oxygens (including phenoxy) is 2. The average molecular weight is 281 g/mol. The molecule has 1 aliphatic carbocycles. The van der Waals surface area contributed by atoms with Crippen molar-refractivity contribution < 1.29 is 9.47 Å². The van der Waals surface area contributed by atoms with E-state index in [1.807, 2.05) is 0 Å². The zero-order chi connectivity index (χ0) is 13.8. The minimum absolute atomic E-state index is 0.166. The molecule has 3 aliphatic rings. The van der Waals surface area contributed by atoms with Crippen LogP contribution in [0.4, 0.5) is 0 Å². The molecule has 2 saturated heterocycles. The van der Waals surface area contributed by atoms with Crippen LogP contribution in [-0.4, -0.2) is 38.0 Å². The van der Waals surface area contributed by atoms with Crippen molar-refractivity contribution in [2.45, 2.75) is 69.9 Å². The second-order valence-corrected chi connectivity index (χ2v) is 7.05. The number of hydrogen-bond acceptors (Lipinski definition) is 3. The summed E-state index contributed by atoms with van der Waals surface area (Å²) in [7, 11) is 0. The summed E-state index contributed by atoms with van der Waals surface area (Å²) in [5.74, 6) is 1.77. The Morgan fingerprint density at radius 2 is 1.95 bits per heavy atom. The van der Waals surface area contributed by atoms with Gasteiger partial charge in [0, 0.05) is 25.9 Å². The van der Waals surface area contributed by atoms with Gasteiger partial charge in [-0.25, -0.2) is 0 Å². The van der Waals surface area contributed by atoms with Crippen LogP contribution in [0.1, 0.15) is 58.3 Å². The van der Waals surface area contributed by atoms with Gasteiger partial charge >= 0.3 is 0 Å². The van der Waals surface area contributed by atoms with Gasteiger partial charge in [0.15, 0.2) is 0 Å². The maximum atomic E-state index is 6.21. The Morgan fingerprint density at radius 3 is 2.75 bits per heavy atom. The van der Waals surface area contributed by atoms with Crippen LogP contribution in [0, 0.1) is 11.8 Å². The Balaban J connectivity index is 1.60. The predicted octanol–water partition coefficient (Wildman–Crippen LogP) is 3.13. The van der Waals surface area contributed by atoms with Gasteiger partial charge < -0.3 is 14.8 Å². The van der Waals surface area contributed by atoms with Crippen molar-refractivity contribution in [1.29, 1.82) is 0 Å². The Bertz CT molecular complexity index is 296. The van der Waals surface area contributed by atoms with E-state index in [1.54, 1.807) is 0 Å². The Hall–Kier alpha value is -0.120. The van der Waals surface area contributed by atoms with Crippen LogP contribution < -0.4 is 5.32 Å². The van der Waals surface area contributed by atoms with E-state index in [4.69, 9.17) is 9.47 Å². The zero-order valence-electron chi connectivity index (χ0n) is 13.0. The summed E-state index contributed by atoms with van der Waals surface area (Å²) < 4.78 is 11.8. The van der Waals surface area contributed by atoms with Gasteiger partial charge in [-0.15, -0.1) is 0 Å². The largest absolute Gasteiger partial charge is 0.381 e. The lowest BCUT2D eigenvalue weighted by Crippen LogP contribution is -2.47. The highest BCUT2D eigenvalue weighted by Gasteiger charge is 2.43. The third kappa shape index (κ3) is 3.20. The van der Waals surface area contributed by atoms with Crippen molar-refractivity contribution in [2.24, 2.45) is 11.8 Å². The molecule has 116 valence electrons. The molecule has 3 nitrogen and oxygen atoms in total. The van der Waals surface area contributed by atoms with Crippen LogP contribution in [0.15, 0.2) is 0 Å². The van der Waals surface area contributed by atoms with Crippen molar-refractivity contribution in [2.75, 3.05) is 26.4 Å². The lowest BCUT2D eigenvalue weighted by atomic mass is 9.74. The molecule has 0 aromatic heterocycles. The fourth-order valence-corrected chi connectivity index (χ4v) is 4.66. The molecule has 0 bridgehead atoms. The van der Waals surface area contributed by atoms with E-state index >= 15 is 0 Å². The zero-order valence-corrected chi connectivity index (χ0v) is 13.0. The number of hydrogen-bond donors (Lipinski definition) is 1. The summed E-state index contributed by atoms with van der Waals surface area (Å²) in [4.78, 5) is 0. The summed E-state index contributed by atoms with van der Waals surface area (Å²) in [5.41, 5.74) is 0.166. The number of rotatable bonds is 4. The van der Waals surface area contributed by atoms with Gasteiger partial charge in [0.05, 0.1) is 5.60 Å². The lowest BCUT2D eigenvalue weighted by molar-refractivity contribution is -0.153. The van der Waals surface area contributed by atoms with Crippen molar-refractivity contribution in [3.63, 3.8) is 0 Å².